The number of nitrogens with one attached hydrogen (secondary N) is 1. The van der Waals surface area contributed by atoms with E-state index in [0.717, 1.165) is 32.0 Å². The van der Waals surface area contributed by atoms with Crippen molar-refractivity contribution in [2.75, 3.05) is 24.5 Å². The lowest BCUT2D eigenvalue weighted by Gasteiger charge is -2.40. The maximum Gasteiger partial charge on any atom is 0.150 e. The zero-order valence-corrected chi connectivity index (χ0v) is 11.4. The van der Waals surface area contributed by atoms with Crippen LogP contribution in [0, 0.1) is 5.41 Å². The molecule has 1 saturated heterocycles. The molecule has 4 nitrogen and oxygen atoms in total. The molecule has 1 fully saturated rings. The van der Waals surface area contributed by atoms with E-state index in [9.17, 15) is 0 Å². The van der Waals surface area contributed by atoms with Crippen LogP contribution in [-0.4, -0.2) is 35.5 Å². The monoisotopic (exact) mass is 236 g/mol. The number of hydrogen-bond donors (Lipinski definition) is 1. The van der Waals surface area contributed by atoms with Crippen LogP contribution in [0.15, 0.2) is 12.3 Å². The molecule has 0 radical (unpaired) electrons. The summed E-state index contributed by atoms with van der Waals surface area (Å²) in [6.07, 6.45) is 2.06. The molecule has 1 aromatic heterocycles. The highest BCUT2D eigenvalue weighted by atomic mass is 15.4. The molecule has 1 unspecified atom stereocenters. The van der Waals surface area contributed by atoms with Gasteiger partial charge in [0.1, 0.15) is 0 Å². The summed E-state index contributed by atoms with van der Waals surface area (Å²) in [7, 11) is 0. The van der Waals surface area contributed by atoms with E-state index in [0.29, 0.717) is 11.5 Å². The third kappa shape index (κ3) is 2.80. The number of aryl methyl sites for hydroxylation is 1. The van der Waals surface area contributed by atoms with Gasteiger partial charge in [0, 0.05) is 44.5 Å². The van der Waals surface area contributed by atoms with E-state index < -0.39 is 0 Å². The average molecular weight is 236 g/mol. The van der Waals surface area contributed by atoms with Crippen LogP contribution in [0.25, 0.3) is 0 Å². The number of rotatable bonds is 2. The van der Waals surface area contributed by atoms with Gasteiger partial charge in [-0.05, 0) is 12.3 Å². The van der Waals surface area contributed by atoms with E-state index in [1.165, 1.54) is 0 Å². The fourth-order valence-corrected chi connectivity index (χ4v) is 2.23. The molecule has 1 aliphatic rings. The standard InChI is InChI=1S/C13H24N4/c1-5-17-8-6-12(15-17)16-9-7-14-11(10-16)13(2,3)4/h6,8,11,14H,5,7,9-10H2,1-4H3. The molecule has 0 bridgehead atoms. The van der Waals surface area contributed by atoms with Crippen molar-refractivity contribution in [2.45, 2.75) is 40.3 Å². The minimum absolute atomic E-state index is 0.298. The first-order chi connectivity index (χ1) is 8.00. The molecule has 0 saturated carbocycles. The molecule has 0 spiro atoms. The Balaban J connectivity index is 2.06. The lowest BCUT2D eigenvalue weighted by atomic mass is 9.85. The molecule has 2 heterocycles. The van der Waals surface area contributed by atoms with Gasteiger partial charge in [-0.15, -0.1) is 0 Å². The van der Waals surface area contributed by atoms with Gasteiger partial charge in [0.05, 0.1) is 0 Å². The van der Waals surface area contributed by atoms with Gasteiger partial charge in [-0.1, -0.05) is 20.8 Å². The fraction of sp³-hybridized carbons (Fsp3) is 0.769. The zero-order valence-electron chi connectivity index (χ0n) is 11.4. The minimum atomic E-state index is 0.298. The molecule has 0 amide bonds. The molecule has 2 rings (SSSR count). The van der Waals surface area contributed by atoms with E-state index in [4.69, 9.17) is 0 Å². The lowest BCUT2D eigenvalue weighted by Crippen LogP contribution is -2.56. The molecule has 4 heteroatoms. The van der Waals surface area contributed by atoms with Gasteiger partial charge in [-0.25, -0.2) is 0 Å². The molecule has 96 valence electrons. The Morgan fingerprint density at radius 1 is 1.47 bits per heavy atom. The highest BCUT2D eigenvalue weighted by Crippen LogP contribution is 2.23. The van der Waals surface area contributed by atoms with Crippen molar-refractivity contribution in [1.82, 2.24) is 15.1 Å². The summed E-state index contributed by atoms with van der Waals surface area (Å²) >= 11 is 0. The van der Waals surface area contributed by atoms with Gasteiger partial charge >= 0.3 is 0 Å². The Morgan fingerprint density at radius 2 is 2.24 bits per heavy atom. The summed E-state index contributed by atoms with van der Waals surface area (Å²) in [6.45, 7) is 13.1. The Kier molecular flexibility index (Phi) is 3.43. The van der Waals surface area contributed by atoms with Gasteiger partial charge in [0.2, 0.25) is 0 Å². The summed E-state index contributed by atoms with van der Waals surface area (Å²) in [5.41, 5.74) is 0.298. The molecule has 1 aliphatic heterocycles. The van der Waals surface area contributed by atoms with Crippen molar-refractivity contribution in [1.29, 1.82) is 0 Å². The summed E-state index contributed by atoms with van der Waals surface area (Å²) in [6, 6.07) is 2.65. The van der Waals surface area contributed by atoms with Crippen LogP contribution in [0.5, 0.6) is 0 Å². The van der Waals surface area contributed by atoms with Crippen LogP contribution in [0.1, 0.15) is 27.7 Å². The van der Waals surface area contributed by atoms with Crippen molar-refractivity contribution in [2.24, 2.45) is 5.41 Å². The largest absolute Gasteiger partial charge is 0.352 e. The van der Waals surface area contributed by atoms with Crippen LogP contribution in [-0.2, 0) is 6.54 Å². The van der Waals surface area contributed by atoms with E-state index in [1.807, 2.05) is 4.68 Å². The van der Waals surface area contributed by atoms with Crippen LogP contribution in [0.4, 0.5) is 5.82 Å². The molecule has 1 atom stereocenters. The second kappa shape index (κ2) is 4.69. The second-order valence-electron chi connectivity index (χ2n) is 5.85. The maximum absolute atomic E-state index is 4.58. The summed E-state index contributed by atoms with van der Waals surface area (Å²) in [5, 5.41) is 8.19. The molecule has 0 aromatic carbocycles. The smallest absolute Gasteiger partial charge is 0.150 e. The number of aromatic nitrogens is 2. The maximum atomic E-state index is 4.58. The van der Waals surface area contributed by atoms with Gasteiger partial charge in [-0.3, -0.25) is 4.68 Å². The van der Waals surface area contributed by atoms with E-state index in [-0.39, 0.29) is 0 Å². The number of hydrogen-bond acceptors (Lipinski definition) is 3. The predicted molar refractivity (Wildman–Crippen MR) is 71.4 cm³/mol. The Morgan fingerprint density at radius 3 is 2.82 bits per heavy atom. The second-order valence-corrected chi connectivity index (χ2v) is 5.85. The van der Waals surface area contributed by atoms with Crippen LogP contribution >= 0.6 is 0 Å². The molecular formula is C13H24N4. The topological polar surface area (TPSA) is 33.1 Å². The normalized spacial score (nSPS) is 21.9. The van der Waals surface area contributed by atoms with Gasteiger partial charge in [-0.2, -0.15) is 5.10 Å². The average Bonchev–Trinajstić information content (AvgIpc) is 2.76. The number of piperazine rings is 1. The fourth-order valence-electron chi connectivity index (χ4n) is 2.23. The SMILES string of the molecule is CCn1ccc(N2CCNC(C(C)(C)C)C2)n1. The van der Waals surface area contributed by atoms with Gasteiger partial charge < -0.3 is 10.2 Å². The highest BCUT2D eigenvalue weighted by molar-refractivity contribution is 5.38. The molecular weight excluding hydrogens is 212 g/mol. The summed E-state index contributed by atoms with van der Waals surface area (Å²) < 4.78 is 1.99. The third-order valence-electron chi connectivity index (χ3n) is 3.50. The van der Waals surface area contributed by atoms with Crippen LogP contribution < -0.4 is 10.2 Å². The lowest BCUT2D eigenvalue weighted by molar-refractivity contribution is 0.253. The van der Waals surface area contributed by atoms with Crippen LogP contribution in [0.3, 0.4) is 0 Å². The van der Waals surface area contributed by atoms with Crippen molar-refractivity contribution < 1.29 is 0 Å². The predicted octanol–water partition coefficient (Wildman–Crippen LogP) is 1.73. The van der Waals surface area contributed by atoms with Gasteiger partial charge in [0.25, 0.3) is 0 Å². The van der Waals surface area contributed by atoms with Crippen molar-refractivity contribution in [3.63, 3.8) is 0 Å². The van der Waals surface area contributed by atoms with Crippen molar-refractivity contribution in [3.8, 4) is 0 Å². The number of nitrogens with zero attached hydrogens (tertiary/aromatic N) is 3. The summed E-state index contributed by atoms with van der Waals surface area (Å²) in [4.78, 5) is 2.39. The van der Waals surface area contributed by atoms with Crippen molar-refractivity contribution in [3.05, 3.63) is 12.3 Å². The quantitative estimate of drug-likeness (QED) is 0.849. The number of anilines is 1. The zero-order chi connectivity index (χ0) is 12.5. The van der Waals surface area contributed by atoms with E-state index in [2.05, 4.69) is 55.3 Å². The van der Waals surface area contributed by atoms with E-state index in [1.54, 1.807) is 0 Å². The molecule has 0 aliphatic carbocycles. The Labute approximate surface area is 104 Å². The first-order valence-electron chi connectivity index (χ1n) is 6.52. The first kappa shape index (κ1) is 12.4. The van der Waals surface area contributed by atoms with Crippen molar-refractivity contribution >= 4 is 5.82 Å². The Bertz CT molecular complexity index is 364. The molecule has 1 aromatic rings. The van der Waals surface area contributed by atoms with Crippen LogP contribution in [0.2, 0.25) is 0 Å². The minimum Gasteiger partial charge on any atom is -0.352 e. The summed E-state index contributed by atoms with van der Waals surface area (Å²) in [5.74, 6) is 1.11. The first-order valence-corrected chi connectivity index (χ1v) is 6.52. The molecule has 1 N–H and O–H groups in total. The highest BCUT2D eigenvalue weighted by Gasteiger charge is 2.29. The molecule has 17 heavy (non-hydrogen) atoms. The Hall–Kier alpha value is -1.03. The third-order valence-corrected chi connectivity index (χ3v) is 3.50. The van der Waals surface area contributed by atoms with E-state index >= 15 is 0 Å². The van der Waals surface area contributed by atoms with Gasteiger partial charge in [0.15, 0.2) is 5.82 Å².